The molecule has 0 bridgehead atoms. The van der Waals surface area contributed by atoms with Crippen molar-refractivity contribution in [2.45, 2.75) is 31.2 Å². The lowest BCUT2D eigenvalue weighted by molar-refractivity contribution is 0.436. The first-order valence-corrected chi connectivity index (χ1v) is 23.3. The molecule has 2 unspecified atom stereocenters. The summed E-state index contributed by atoms with van der Waals surface area (Å²) in [5.74, 6) is 0.931. The normalized spacial score (nSPS) is 16.9. The van der Waals surface area contributed by atoms with Crippen LogP contribution in [0.5, 0.6) is 0 Å². The zero-order valence-electron chi connectivity index (χ0n) is 36.4. The average Bonchev–Trinajstić information content (AvgIpc) is 4.06. The van der Waals surface area contributed by atoms with Crippen LogP contribution in [-0.4, -0.2) is 16.1 Å². The molecule has 9 aromatic carbocycles. The molecule has 0 radical (unpaired) electrons. The minimum atomic E-state index is -0.443. The second kappa shape index (κ2) is 14.2. The Morgan fingerprint density at radius 2 is 1.18 bits per heavy atom. The van der Waals surface area contributed by atoms with E-state index >= 15 is 0 Å². The number of aromatic nitrogens is 1. The lowest BCUT2D eigenvalue weighted by Crippen LogP contribution is -2.25. The van der Waals surface area contributed by atoms with Crippen LogP contribution in [0.25, 0.3) is 71.7 Å². The average molecular weight is 846 g/mol. The summed E-state index contributed by atoms with van der Waals surface area (Å²) in [6.45, 7) is 2.28. The van der Waals surface area contributed by atoms with Gasteiger partial charge < -0.3 is 8.98 Å². The van der Waals surface area contributed by atoms with Crippen LogP contribution < -0.4 is 0 Å². The van der Waals surface area contributed by atoms with Gasteiger partial charge in [-0.3, -0.25) is 4.99 Å². The summed E-state index contributed by atoms with van der Waals surface area (Å²) in [6.07, 6.45) is 1.73. The van der Waals surface area contributed by atoms with E-state index < -0.39 is 5.41 Å². The van der Waals surface area contributed by atoms with Gasteiger partial charge in [0, 0.05) is 43.9 Å². The predicted molar refractivity (Wildman–Crippen MR) is 271 cm³/mol. The molecule has 2 atom stereocenters. The highest BCUT2D eigenvalue weighted by Crippen LogP contribution is 2.64. The molecule has 1 aliphatic heterocycles. The highest BCUT2D eigenvalue weighted by Gasteiger charge is 2.52. The quantitative estimate of drug-likeness (QED) is 0.170. The van der Waals surface area contributed by atoms with E-state index in [4.69, 9.17) is 14.4 Å². The van der Waals surface area contributed by atoms with Crippen molar-refractivity contribution >= 4 is 55.3 Å². The lowest BCUT2D eigenvalue weighted by atomic mass is 9.70. The molecule has 4 nitrogen and oxygen atoms in total. The van der Waals surface area contributed by atoms with Crippen molar-refractivity contribution < 1.29 is 4.42 Å². The first kappa shape index (κ1) is 37.3. The van der Waals surface area contributed by atoms with Crippen molar-refractivity contribution in [1.29, 1.82) is 0 Å². The second-order valence-corrected chi connectivity index (χ2v) is 18.2. The molecule has 0 fully saturated rings. The zero-order chi connectivity index (χ0) is 43.5. The van der Waals surface area contributed by atoms with Crippen LogP contribution in [0.15, 0.2) is 221 Å². The van der Waals surface area contributed by atoms with Gasteiger partial charge in [-0.15, -0.1) is 0 Å². The van der Waals surface area contributed by atoms with E-state index in [1.807, 2.05) is 6.07 Å². The summed E-state index contributed by atoms with van der Waals surface area (Å²) >= 11 is 0. The molecular weight excluding hydrogens is 803 g/mol. The highest BCUT2D eigenvalue weighted by molar-refractivity contribution is 6.17. The van der Waals surface area contributed by atoms with Gasteiger partial charge in [0.15, 0.2) is 5.84 Å². The van der Waals surface area contributed by atoms with Gasteiger partial charge >= 0.3 is 0 Å². The number of furan rings is 1. The molecule has 0 saturated heterocycles. The van der Waals surface area contributed by atoms with E-state index in [0.717, 1.165) is 68.7 Å². The fourth-order valence-electron chi connectivity index (χ4n) is 12.1. The number of benzene rings is 9. The van der Waals surface area contributed by atoms with E-state index in [-0.39, 0.29) is 12.0 Å². The molecule has 14 rings (SSSR count). The van der Waals surface area contributed by atoms with Gasteiger partial charge in [0.25, 0.3) is 0 Å². The van der Waals surface area contributed by atoms with Gasteiger partial charge in [-0.25, -0.2) is 4.99 Å². The van der Waals surface area contributed by atoms with E-state index in [0.29, 0.717) is 0 Å². The Kier molecular flexibility index (Phi) is 8.03. The van der Waals surface area contributed by atoms with Gasteiger partial charge in [-0.1, -0.05) is 195 Å². The smallest absolute Gasteiger partial charge is 0.155 e. The van der Waals surface area contributed by atoms with E-state index in [2.05, 4.69) is 212 Å². The SMILES string of the molecule is CCC1CC(c2ccccc2)=NC(c2cccc(-n3c4ccccc4c4ccc5c(c43)-c3ccccc3C53c4ccccc4-c4ccccc43)c2)=NC1c1cccc2c1oc1ccccc12. The molecule has 312 valence electrons. The largest absolute Gasteiger partial charge is 0.456 e. The first-order valence-electron chi connectivity index (χ1n) is 23.3. The summed E-state index contributed by atoms with van der Waals surface area (Å²) in [5, 5.41) is 4.72. The molecule has 0 saturated carbocycles. The van der Waals surface area contributed by atoms with Gasteiger partial charge in [0.05, 0.1) is 28.2 Å². The number of nitrogens with zero attached hydrogens (tertiary/aromatic N) is 3. The Morgan fingerprint density at radius 3 is 1.97 bits per heavy atom. The monoisotopic (exact) mass is 845 g/mol. The minimum Gasteiger partial charge on any atom is -0.456 e. The first-order chi connectivity index (χ1) is 32.7. The van der Waals surface area contributed by atoms with Crippen LogP contribution in [0.4, 0.5) is 0 Å². The lowest BCUT2D eigenvalue weighted by Gasteiger charge is -2.30. The fraction of sp³-hybridized carbons (Fsp3) is 0.0968. The van der Waals surface area contributed by atoms with Crippen molar-refractivity contribution in [2.75, 3.05) is 0 Å². The third-order valence-corrected chi connectivity index (χ3v) is 14.9. The summed E-state index contributed by atoms with van der Waals surface area (Å²) in [5.41, 5.74) is 19.6. The molecule has 1 spiro atoms. The summed E-state index contributed by atoms with van der Waals surface area (Å²) in [7, 11) is 0. The molecule has 0 amide bonds. The topological polar surface area (TPSA) is 42.8 Å². The van der Waals surface area contributed by atoms with Crippen molar-refractivity contribution in [3.05, 3.63) is 245 Å². The highest BCUT2D eigenvalue weighted by atomic mass is 16.3. The van der Waals surface area contributed by atoms with Gasteiger partial charge in [-0.05, 0) is 81.1 Å². The van der Waals surface area contributed by atoms with Crippen molar-refractivity contribution in [1.82, 2.24) is 4.57 Å². The number of fused-ring (bicyclic) bond motifs is 17. The molecule has 2 aromatic heterocycles. The van der Waals surface area contributed by atoms with Crippen molar-refractivity contribution in [2.24, 2.45) is 15.9 Å². The molecule has 3 heterocycles. The predicted octanol–water partition coefficient (Wildman–Crippen LogP) is 15.4. The molecule has 3 aliphatic rings. The number of amidine groups is 1. The summed E-state index contributed by atoms with van der Waals surface area (Å²) in [4.78, 5) is 11.3. The standard InChI is InChI=1S/C62H43N3O/c1-2-38-37-54(39-18-4-3-5-19-39)63-61(64-58(38)49-28-17-27-47-45-25-10-15-33-56(45)66-60(47)49)40-20-16-21-41(36-40)65-55-32-14-9-24-44(55)46-34-35-53-57(59(46)65)48-26-8-13-31-52(48)62(53)50-29-11-6-22-42(50)43-23-7-12-30-51(43)62/h3-36,38,58H,2,37H2,1H3. The van der Waals surface area contributed by atoms with E-state index in [1.165, 1.54) is 66.3 Å². The molecule has 4 heteroatoms. The van der Waals surface area contributed by atoms with Crippen LogP contribution in [0, 0.1) is 5.92 Å². The maximum Gasteiger partial charge on any atom is 0.155 e. The Bertz CT molecular complexity index is 3820. The summed E-state index contributed by atoms with van der Waals surface area (Å²) < 4.78 is 9.21. The maximum absolute atomic E-state index is 6.70. The maximum atomic E-state index is 6.70. The molecule has 2 aliphatic carbocycles. The van der Waals surface area contributed by atoms with E-state index in [1.54, 1.807) is 0 Å². The second-order valence-electron chi connectivity index (χ2n) is 18.2. The number of hydrogen-bond donors (Lipinski definition) is 0. The Balaban J connectivity index is 1.02. The van der Waals surface area contributed by atoms with Crippen molar-refractivity contribution in [3.8, 4) is 27.9 Å². The number of hydrogen-bond acceptors (Lipinski definition) is 3. The number of rotatable bonds is 5. The van der Waals surface area contributed by atoms with Crippen LogP contribution in [0.2, 0.25) is 0 Å². The van der Waals surface area contributed by atoms with Crippen LogP contribution in [0.1, 0.15) is 64.8 Å². The minimum absolute atomic E-state index is 0.177. The Labute approximate surface area is 382 Å². The zero-order valence-corrected chi connectivity index (χ0v) is 36.4. The number of aliphatic imine (C=N–C) groups is 2. The Hall–Kier alpha value is -8.08. The third-order valence-electron chi connectivity index (χ3n) is 14.9. The van der Waals surface area contributed by atoms with Gasteiger partial charge in [0.1, 0.15) is 11.2 Å². The summed E-state index contributed by atoms with van der Waals surface area (Å²) in [6, 6.07) is 75.3. The molecule has 11 aromatic rings. The van der Waals surface area contributed by atoms with Crippen LogP contribution in [-0.2, 0) is 5.41 Å². The van der Waals surface area contributed by atoms with Crippen LogP contribution >= 0.6 is 0 Å². The Morgan fingerprint density at radius 1 is 0.545 bits per heavy atom. The van der Waals surface area contributed by atoms with E-state index in [9.17, 15) is 0 Å². The molecular formula is C62H43N3O. The molecule has 0 N–H and O–H groups in total. The third kappa shape index (κ3) is 5.10. The van der Waals surface area contributed by atoms with Gasteiger partial charge in [0.2, 0.25) is 0 Å². The number of para-hydroxylation sites is 3. The molecule has 66 heavy (non-hydrogen) atoms. The fourth-order valence-corrected chi connectivity index (χ4v) is 12.1. The van der Waals surface area contributed by atoms with Gasteiger partial charge in [-0.2, -0.15) is 0 Å². The van der Waals surface area contributed by atoms with Crippen molar-refractivity contribution in [3.63, 3.8) is 0 Å². The van der Waals surface area contributed by atoms with Crippen LogP contribution in [0.3, 0.4) is 0 Å².